The number of nitrogens with one attached hydrogen (secondary N) is 1. The van der Waals surface area contributed by atoms with Gasteiger partial charge in [0.1, 0.15) is 6.20 Å². The summed E-state index contributed by atoms with van der Waals surface area (Å²) in [7, 11) is 0. The van der Waals surface area contributed by atoms with Gasteiger partial charge in [0, 0.05) is 13.0 Å². The molecule has 0 aliphatic carbocycles. The first-order valence-corrected chi connectivity index (χ1v) is 3.46. The summed E-state index contributed by atoms with van der Waals surface area (Å²) in [4.78, 5) is 23.9. The Morgan fingerprint density at radius 2 is 2.31 bits per heavy atom. The number of rotatable bonds is 2. The van der Waals surface area contributed by atoms with Crippen molar-refractivity contribution in [2.24, 2.45) is 0 Å². The van der Waals surface area contributed by atoms with Crippen LogP contribution in [0.15, 0.2) is 18.5 Å². The largest absolute Gasteiger partial charge is 0.325 e. The number of hydrogen-bond acceptors (Lipinski definition) is 4. The second-order valence-electron chi connectivity index (χ2n) is 2.37. The molecular weight excluding hydrogens is 174 g/mol. The van der Waals surface area contributed by atoms with E-state index in [9.17, 15) is 14.9 Å². The Hall–Kier alpha value is -1.98. The van der Waals surface area contributed by atoms with Crippen LogP contribution >= 0.6 is 0 Å². The van der Waals surface area contributed by atoms with Crippen molar-refractivity contribution < 1.29 is 9.72 Å². The fourth-order valence-electron chi connectivity index (χ4n) is 0.799. The van der Waals surface area contributed by atoms with Crippen LogP contribution in [-0.4, -0.2) is 15.8 Å². The second-order valence-corrected chi connectivity index (χ2v) is 2.37. The van der Waals surface area contributed by atoms with Gasteiger partial charge in [-0.05, 0) is 0 Å². The zero-order valence-corrected chi connectivity index (χ0v) is 6.85. The predicted octanol–water partition coefficient (Wildman–Crippen LogP) is 0.948. The summed E-state index contributed by atoms with van der Waals surface area (Å²) in [6, 6.07) is 1.24. The molecule has 0 saturated heterocycles. The zero-order chi connectivity index (χ0) is 9.84. The lowest BCUT2D eigenvalue weighted by molar-refractivity contribution is -0.385. The van der Waals surface area contributed by atoms with Crippen molar-refractivity contribution in [3.05, 3.63) is 28.6 Å². The standard InChI is InChI=1S/C7H7N3O3/c1-5(11)9-6-2-7(10(12)13)4-8-3-6/h2-4H,1H3,(H,9,11). The molecule has 1 aromatic heterocycles. The second kappa shape index (κ2) is 3.61. The van der Waals surface area contributed by atoms with Gasteiger partial charge in [-0.1, -0.05) is 0 Å². The summed E-state index contributed by atoms with van der Waals surface area (Å²) < 4.78 is 0. The van der Waals surface area contributed by atoms with E-state index in [2.05, 4.69) is 10.3 Å². The van der Waals surface area contributed by atoms with Crippen LogP contribution in [0.1, 0.15) is 6.92 Å². The first kappa shape index (κ1) is 9.11. The quantitative estimate of drug-likeness (QED) is 0.543. The van der Waals surface area contributed by atoms with Gasteiger partial charge in [0.05, 0.1) is 16.8 Å². The Bertz CT molecular complexity index is 351. The molecule has 0 spiro atoms. The molecule has 6 heteroatoms. The average Bonchev–Trinajstić information content (AvgIpc) is 2.03. The molecule has 1 N–H and O–H groups in total. The SMILES string of the molecule is CC(=O)Nc1cncc([N+](=O)[O-])c1. The van der Waals surface area contributed by atoms with Gasteiger partial charge in [-0.15, -0.1) is 0 Å². The minimum atomic E-state index is -0.571. The van der Waals surface area contributed by atoms with Gasteiger partial charge in [-0.3, -0.25) is 19.9 Å². The van der Waals surface area contributed by atoms with Crippen molar-refractivity contribution in [3.63, 3.8) is 0 Å². The van der Waals surface area contributed by atoms with Gasteiger partial charge in [-0.2, -0.15) is 0 Å². The van der Waals surface area contributed by atoms with E-state index >= 15 is 0 Å². The molecule has 0 saturated carbocycles. The van der Waals surface area contributed by atoms with Crippen LogP contribution in [0.3, 0.4) is 0 Å². The summed E-state index contributed by atoms with van der Waals surface area (Å²) in [5, 5.41) is 12.7. The van der Waals surface area contributed by atoms with Crippen molar-refractivity contribution in [1.29, 1.82) is 0 Å². The number of nitro groups is 1. The van der Waals surface area contributed by atoms with Crippen LogP contribution in [0.25, 0.3) is 0 Å². The molecule has 0 aliphatic heterocycles. The highest BCUT2D eigenvalue weighted by Gasteiger charge is 2.06. The number of amides is 1. The van der Waals surface area contributed by atoms with Gasteiger partial charge in [0.25, 0.3) is 5.69 Å². The highest BCUT2D eigenvalue weighted by atomic mass is 16.6. The molecule has 0 aliphatic rings. The Labute approximate surface area is 73.7 Å². The molecule has 0 unspecified atom stereocenters. The van der Waals surface area contributed by atoms with E-state index in [-0.39, 0.29) is 11.6 Å². The van der Waals surface area contributed by atoms with Crippen molar-refractivity contribution in [1.82, 2.24) is 4.98 Å². The lowest BCUT2D eigenvalue weighted by Crippen LogP contribution is -2.06. The van der Waals surface area contributed by atoms with E-state index in [4.69, 9.17) is 0 Å². The van der Waals surface area contributed by atoms with Gasteiger partial charge < -0.3 is 5.32 Å². The van der Waals surface area contributed by atoms with Crippen LogP contribution in [0.5, 0.6) is 0 Å². The highest BCUT2D eigenvalue weighted by Crippen LogP contribution is 2.14. The summed E-state index contributed by atoms with van der Waals surface area (Å²) >= 11 is 0. The smallest absolute Gasteiger partial charge is 0.289 e. The third-order valence-corrected chi connectivity index (χ3v) is 1.25. The first-order chi connectivity index (χ1) is 6.09. The molecule has 68 valence electrons. The van der Waals surface area contributed by atoms with Gasteiger partial charge >= 0.3 is 0 Å². The van der Waals surface area contributed by atoms with Crippen LogP contribution in [0, 0.1) is 10.1 Å². The van der Waals surface area contributed by atoms with Crippen LogP contribution < -0.4 is 5.32 Å². The van der Waals surface area contributed by atoms with E-state index < -0.39 is 4.92 Å². The van der Waals surface area contributed by atoms with Gasteiger partial charge in [0.2, 0.25) is 5.91 Å². The molecule has 0 radical (unpaired) electrons. The fraction of sp³-hybridized carbons (Fsp3) is 0.143. The number of aromatic nitrogens is 1. The Kier molecular flexibility index (Phi) is 2.53. The number of carbonyl (C=O) groups excluding carboxylic acids is 1. The minimum absolute atomic E-state index is 0.147. The summed E-state index contributed by atoms with van der Waals surface area (Å²) in [5.74, 6) is -0.290. The van der Waals surface area contributed by atoms with E-state index in [1.54, 1.807) is 0 Å². The Morgan fingerprint density at radius 1 is 1.62 bits per heavy atom. The zero-order valence-electron chi connectivity index (χ0n) is 6.85. The minimum Gasteiger partial charge on any atom is -0.325 e. The van der Waals surface area contributed by atoms with E-state index in [0.29, 0.717) is 5.69 Å². The summed E-state index contributed by atoms with van der Waals surface area (Å²) in [5.41, 5.74) is 0.174. The molecule has 0 bridgehead atoms. The number of anilines is 1. The van der Waals surface area contributed by atoms with Crippen LogP contribution in [0.2, 0.25) is 0 Å². The molecule has 0 fully saturated rings. The molecule has 1 heterocycles. The number of pyridine rings is 1. The van der Waals surface area contributed by atoms with E-state index in [0.717, 1.165) is 6.20 Å². The lowest BCUT2D eigenvalue weighted by Gasteiger charge is -1.99. The molecule has 13 heavy (non-hydrogen) atoms. The third-order valence-electron chi connectivity index (χ3n) is 1.25. The van der Waals surface area contributed by atoms with E-state index in [1.165, 1.54) is 19.2 Å². The molecule has 1 rings (SSSR count). The topological polar surface area (TPSA) is 85.1 Å². The average molecular weight is 181 g/mol. The number of hydrogen-bond donors (Lipinski definition) is 1. The predicted molar refractivity (Wildman–Crippen MR) is 45.2 cm³/mol. The number of carbonyl (C=O) groups is 1. The maximum Gasteiger partial charge on any atom is 0.289 e. The van der Waals surface area contributed by atoms with Crippen molar-refractivity contribution in [3.8, 4) is 0 Å². The molecule has 1 amide bonds. The third kappa shape index (κ3) is 2.51. The van der Waals surface area contributed by atoms with E-state index in [1.807, 2.05) is 0 Å². The van der Waals surface area contributed by atoms with Crippen LogP contribution in [-0.2, 0) is 4.79 Å². The normalized spacial score (nSPS) is 9.31. The van der Waals surface area contributed by atoms with Gasteiger partial charge in [0.15, 0.2) is 0 Å². The molecule has 0 atom stereocenters. The molecule has 1 aromatic rings. The first-order valence-electron chi connectivity index (χ1n) is 3.46. The van der Waals surface area contributed by atoms with Crippen LogP contribution in [0.4, 0.5) is 11.4 Å². The Morgan fingerprint density at radius 3 is 2.85 bits per heavy atom. The van der Waals surface area contributed by atoms with Crippen molar-refractivity contribution in [2.75, 3.05) is 5.32 Å². The maximum atomic E-state index is 10.6. The highest BCUT2D eigenvalue weighted by molar-refractivity contribution is 5.88. The maximum absolute atomic E-state index is 10.6. The fourth-order valence-corrected chi connectivity index (χ4v) is 0.799. The van der Waals surface area contributed by atoms with Crippen molar-refractivity contribution in [2.45, 2.75) is 6.92 Å². The van der Waals surface area contributed by atoms with Crippen molar-refractivity contribution >= 4 is 17.3 Å². The summed E-state index contributed by atoms with van der Waals surface area (Å²) in [6.07, 6.45) is 2.46. The monoisotopic (exact) mass is 181 g/mol. The lowest BCUT2D eigenvalue weighted by atomic mass is 10.4. The summed E-state index contributed by atoms with van der Waals surface area (Å²) in [6.45, 7) is 1.32. The molecule has 0 aromatic carbocycles. The molecule has 6 nitrogen and oxygen atoms in total. The number of nitrogens with zero attached hydrogens (tertiary/aromatic N) is 2. The van der Waals surface area contributed by atoms with Gasteiger partial charge in [-0.25, -0.2) is 0 Å². The Balaban J connectivity index is 2.91. The molecular formula is C7H7N3O3.